The van der Waals surface area contributed by atoms with Crippen molar-refractivity contribution in [1.82, 2.24) is 14.8 Å². The maximum absolute atomic E-state index is 5.21. The SMILES string of the molecule is CCCCSc1nnc2n1CCN2c1ccc(OC)cc1. The second-order valence-electron chi connectivity index (χ2n) is 4.99. The molecular weight excluding hydrogens is 284 g/mol. The third-order valence-corrected chi connectivity index (χ3v) is 4.65. The molecule has 0 bridgehead atoms. The molecule has 2 aromatic rings. The van der Waals surface area contributed by atoms with Gasteiger partial charge in [0.25, 0.3) is 0 Å². The molecule has 0 amide bonds. The number of hydrogen-bond donors (Lipinski definition) is 0. The summed E-state index contributed by atoms with van der Waals surface area (Å²) >= 11 is 1.80. The third-order valence-electron chi connectivity index (χ3n) is 3.60. The molecule has 3 rings (SSSR count). The number of anilines is 2. The fourth-order valence-corrected chi connectivity index (χ4v) is 3.44. The van der Waals surface area contributed by atoms with Crippen LogP contribution >= 0.6 is 11.8 Å². The smallest absolute Gasteiger partial charge is 0.232 e. The van der Waals surface area contributed by atoms with Gasteiger partial charge in [0.05, 0.1) is 7.11 Å². The average Bonchev–Trinajstić information content (AvgIpc) is 3.10. The van der Waals surface area contributed by atoms with E-state index in [1.54, 1.807) is 18.9 Å². The lowest BCUT2D eigenvalue weighted by molar-refractivity contribution is 0.415. The van der Waals surface area contributed by atoms with Crippen molar-refractivity contribution >= 4 is 23.4 Å². The summed E-state index contributed by atoms with van der Waals surface area (Å²) in [6.45, 7) is 4.10. The van der Waals surface area contributed by atoms with Crippen molar-refractivity contribution in [3.8, 4) is 5.75 Å². The van der Waals surface area contributed by atoms with Crippen LogP contribution in [-0.2, 0) is 6.54 Å². The summed E-state index contributed by atoms with van der Waals surface area (Å²) < 4.78 is 7.42. The molecule has 0 N–H and O–H groups in total. The fraction of sp³-hybridized carbons (Fsp3) is 0.467. The lowest BCUT2D eigenvalue weighted by Gasteiger charge is -2.15. The summed E-state index contributed by atoms with van der Waals surface area (Å²) in [5.74, 6) is 2.92. The van der Waals surface area contributed by atoms with Crippen molar-refractivity contribution in [2.75, 3.05) is 24.3 Å². The van der Waals surface area contributed by atoms with E-state index in [-0.39, 0.29) is 0 Å². The molecule has 1 aliphatic rings. The molecule has 1 aromatic heterocycles. The zero-order valence-electron chi connectivity index (χ0n) is 12.5. The first kappa shape index (κ1) is 14.3. The van der Waals surface area contributed by atoms with E-state index in [1.165, 1.54) is 12.8 Å². The van der Waals surface area contributed by atoms with Crippen LogP contribution in [-0.4, -0.2) is 34.2 Å². The van der Waals surface area contributed by atoms with Crippen molar-refractivity contribution < 1.29 is 4.74 Å². The number of hydrogen-bond acceptors (Lipinski definition) is 5. The number of ether oxygens (including phenoxy) is 1. The van der Waals surface area contributed by atoms with E-state index in [9.17, 15) is 0 Å². The number of thioether (sulfide) groups is 1. The molecule has 1 aromatic carbocycles. The zero-order chi connectivity index (χ0) is 14.7. The molecule has 0 aliphatic carbocycles. The van der Waals surface area contributed by atoms with Crippen LogP contribution in [0.5, 0.6) is 5.75 Å². The van der Waals surface area contributed by atoms with Crippen LogP contribution < -0.4 is 9.64 Å². The summed E-state index contributed by atoms with van der Waals surface area (Å²) in [5.41, 5.74) is 1.13. The van der Waals surface area contributed by atoms with E-state index in [0.29, 0.717) is 0 Å². The summed E-state index contributed by atoms with van der Waals surface area (Å²) in [7, 11) is 1.68. The second-order valence-corrected chi connectivity index (χ2v) is 6.05. The summed E-state index contributed by atoms with van der Waals surface area (Å²) in [5, 5.41) is 9.73. The molecule has 1 aliphatic heterocycles. The molecule has 0 radical (unpaired) electrons. The van der Waals surface area contributed by atoms with Crippen LogP contribution in [0.15, 0.2) is 29.4 Å². The maximum atomic E-state index is 5.21. The molecule has 0 fully saturated rings. The molecule has 2 heterocycles. The van der Waals surface area contributed by atoms with Crippen LogP contribution in [0.1, 0.15) is 19.8 Å². The van der Waals surface area contributed by atoms with Crippen molar-refractivity contribution in [3.63, 3.8) is 0 Å². The highest BCUT2D eigenvalue weighted by Gasteiger charge is 2.25. The van der Waals surface area contributed by atoms with Gasteiger partial charge < -0.3 is 9.64 Å². The highest BCUT2D eigenvalue weighted by molar-refractivity contribution is 7.99. The molecule has 0 unspecified atom stereocenters. The van der Waals surface area contributed by atoms with Gasteiger partial charge in [-0.25, -0.2) is 0 Å². The van der Waals surface area contributed by atoms with E-state index in [4.69, 9.17) is 4.74 Å². The first-order valence-corrected chi connectivity index (χ1v) is 8.29. The van der Waals surface area contributed by atoms with Gasteiger partial charge in [0, 0.05) is 24.5 Å². The van der Waals surface area contributed by atoms with Crippen LogP contribution in [0.3, 0.4) is 0 Å². The average molecular weight is 304 g/mol. The van der Waals surface area contributed by atoms with Crippen LogP contribution in [0, 0.1) is 0 Å². The van der Waals surface area contributed by atoms with Crippen LogP contribution in [0.25, 0.3) is 0 Å². The molecule has 112 valence electrons. The minimum Gasteiger partial charge on any atom is -0.497 e. The Morgan fingerprint density at radius 2 is 2.00 bits per heavy atom. The Hall–Kier alpha value is -1.69. The van der Waals surface area contributed by atoms with Gasteiger partial charge in [-0.3, -0.25) is 4.57 Å². The highest BCUT2D eigenvalue weighted by atomic mass is 32.2. The highest BCUT2D eigenvalue weighted by Crippen LogP contribution is 2.32. The van der Waals surface area contributed by atoms with E-state index < -0.39 is 0 Å². The lowest BCUT2D eigenvalue weighted by atomic mass is 10.3. The molecule has 0 spiro atoms. The van der Waals surface area contributed by atoms with Gasteiger partial charge in [-0.15, -0.1) is 10.2 Å². The largest absolute Gasteiger partial charge is 0.497 e. The number of rotatable bonds is 6. The Balaban J connectivity index is 1.77. The Kier molecular flexibility index (Phi) is 4.34. The van der Waals surface area contributed by atoms with Gasteiger partial charge >= 0.3 is 0 Å². The number of methoxy groups -OCH3 is 1. The van der Waals surface area contributed by atoms with Gasteiger partial charge in [0.2, 0.25) is 5.95 Å². The predicted molar refractivity (Wildman–Crippen MR) is 85.7 cm³/mol. The molecule has 0 atom stereocenters. The first-order chi connectivity index (χ1) is 10.3. The van der Waals surface area contributed by atoms with Gasteiger partial charge in [0.15, 0.2) is 5.16 Å². The topological polar surface area (TPSA) is 43.2 Å². The van der Waals surface area contributed by atoms with Gasteiger partial charge in [-0.05, 0) is 30.7 Å². The number of nitrogens with zero attached hydrogens (tertiary/aromatic N) is 4. The Morgan fingerprint density at radius 3 is 2.71 bits per heavy atom. The predicted octanol–water partition coefficient (Wildman–Crippen LogP) is 3.33. The number of fused-ring (bicyclic) bond motifs is 1. The normalized spacial score (nSPS) is 13.5. The molecular formula is C15H20N4OS. The maximum Gasteiger partial charge on any atom is 0.232 e. The van der Waals surface area contributed by atoms with Gasteiger partial charge in [0.1, 0.15) is 5.75 Å². The minimum atomic E-state index is 0.871. The van der Waals surface area contributed by atoms with E-state index >= 15 is 0 Å². The zero-order valence-corrected chi connectivity index (χ0v) is 13.3. The van der Waals surface area contributed by atoms with Crippen molar-refractivity contribution in [2.24, 2.45) is 0 Å². The van der Waals surface area contributed by atoms with Crippen molar-refractivity contribution in [2.45, 2.75) is 31.5 Å². The third kappa shape index (κ3) is 2.85. The lowest BCUT2D eigenvalue weighted by Crippen LogP contribution is -2.14. The van der Waals surface area contributed by atoms with E-state index in [0.717, 1.165) is 41.4 Å². The Morgan fingerprint density at radius 1 is 1.19 bits per heavy atom. The standard InChI is InChI=1S/C15H20N4OS/c1-3-4-11-21-15-17-16-14-18(9-10-19(14)15)12-5-7-13(20-2)8-6-12/h5-8H,3-4,9-11H2,1-2H3. The molecule has 5 nitrogen and oxygen atoms in total. The van der Waals surface area contributed by atoms with Gasteiger partial charge in [-0.2, -0.15) is 0 Å². The summed E-state index contributed by atoms with van der Waals surface area (Å²) in [6.07, 6.45) is 2.43. The first-order valence-electron chi connectivity index (χ1n) is 7.31. The quantitative estimate of drug-likeness (QED) is 0.605. The molecule has 21 heavy (non-hydrogen) atoms. The molecule has 0 saturated heterocycles. The Labute approximate surface area is 129 Å². The van der Waals surface area contributed by atoms with E-state index in [1.807, 2.05) is 12.1 Å². The molecule has 0 saturated carbocycles. The fourth-order valence-electron chi connectivity index (χ4n) is 2.40. The summed E-state index contributed by atoms with van der Waals surface area (Å²) in [6, 6.07) is 8.08. The minimum absolute atomic E-state index is 0.871. The van der Waals surface area contributed by atoms with Gasteiger partial charge in [-0.1, -0.05) is 25.1 Å². The van der Waals surface area contributed by atoms with Crippen molar-refractivity contribution in [3.05, 3.63) is 24.3 Å². The van der Waals surface area contributed by atoms with Crippen molar-refractivity contribution in [1.29, 1.82) is 0 Å². The number of aromatic nitrogens is 3. The molecule has 6 heteroatoms. The number of unbranched alkanes of at least 4 members (excludes halogenated alkanes) is 1. The summed E-state index contributed by atoms with van der Waals surface area (Å²) in [4.78, 5) is 2.20. The second kappa shape index (κ2) is 6.39. The van der Waals surface area contributed by atoms with Crippen LogP contribution in [0.4, 0.5) is 11.6 Å². The monoisotopic (exact) mass is 304 g/mol. The van der Waals surface area contributed by atoms with E-state index in [2.05, 4.69) is 38.7 Å². The number of benzene rings is 1. The Bertz CT molecular complexity index is 596. The van der Waals surface area contributed by atoms with Crippen LogP contribution in [0.2, 0.25) is 0 Å².